The number of hydrogen-bond donors (Lipinski definition) is 0. The van der Waals surface area contributed by atoms with E-state index in [0.717, 1.165) is 0 Å². The smallest absolute Gasteiger partial charge is 0.207 e. The van der Waals surface area contributed by atoms with E-state index in [-0.39, 0.29) is 6.42 Å². The van der Waals surface area contributed by atoms with Crippen LogP contribution >= 0.6 is 0 Å². The molecule has 0 aromatic heterocycles. The zero-order valence-electron chi connectivity index (χ0n) is 3.12. The van der Waals surface area contributed by atoms with Crippen LogP contribution in [0.25, 0.3) is 0 Å². The fourth-order valence-electron chi connectivity index (χ4n) is 0.234. The first kappa shape index (κ1) is 4.09. The maximum Gasteiger partial charge on any atom is 0.243 e. The van der Waals surface area contributed by atoms with E-state index in [1.54, 1.807) is 0 Å². The molecule has 1 atom stereocenters. The molecular weight excluding hydrogens is 84.8 g/mol. The van der Waals surface area contributed by atoms with Crippen molar-refractivity contribution in [3.05, 3.63) is 0 Å². The first-order valence-electron chi connectivity index (χ1n) is 1.76. The van der Waals surface area contributed by atoms with Gasteiger partial charge in [0.1, 0.15) is 0 Å². The second-order valence-corrected chi connectivity index (χ2v) is 1.57. The molecule has 1 aliphatic rings. The highest BCUT2D eigenvalue weighted by Crippen LogP contribution is 2.51. The van der Waals surface area contributed by atoms with Crippen LogP contribution in [0.5, 0.6) is 0 Å². The Morgan fingerprint density at radius 1 is 1.67 bits per heavy atom. The van der Waals surface area contributed by atoms with Gasteiger partial charge in [-0.3, -0.25) is 0 Å². The van der Waals surface area contributed by atoms with Crippen molar-refractivity contribution in [2.75, 3.05) is 0 Å². The summed E-state index contributed by atoms with van der Waals surface area (Å²) in [4.78, 5) is 0. The third-order valence-electron chi connectivity index (χ3n) is 0.874. The minimum Gasteiger partial charge on any atom is -0.207 e. The van der Waals surface area contributed by atoms with Crippen molar-refractivity contribution in [2.24, 2.45) is 0 Å². The van der Waals surface area contributed by atoms with E-state index in [1.165, 1.54) is 0 Å². The van der Waals surface area contributed by atoms with Crippen molar-refractivity contribution in [1.29, 1.82) is 0 Å². The van der Waals surface area contributed by atoms with E-state index in [2.05, 4.69) is 0 Å². The normalized spacial score (nSPS) is 39.3. The Morgan fingerprint density at radius 2 is 1.83 bits per heavy atom. The highest BCUT2D eigenvalue weighted by Gasteiger charge is 2.52. The van der Waals surface area contributed by atoms with Crippen LogP contribution in [-0.4, -0.2) is 13.8 Å². The summed E-state index contributed by atoms with van der Waals surface area (Å²) in [5, 5.41) is 0. The van der Waals surface area contributed by atoms with Gasteiger partial charge in [0, 0.05) is 6.42 Å². The topological polar surface area (TPSA) is 0 Å². The number of alkyl halides is 2. The molecule has 6 heavy (non-hydrogen) atoms. The molecule has 0 spiro atoms. The lowest BCUT2D eigenvalue weighted by molar-refractivity contribution is 0.120. The van der Waals surface area contributed by atoms with E-state index in [0.29, 0.717) is 0 Å². The Hall–Kier alpha value is -0.0751. The van der Waals surface area contributed by atoms with Gasteiger partial charge in [0.25, 0.3) is 0 Å². The van der Waals surface area contributed by atoms with Gasteiger partial charge in [0.15, 0.2) is 0 Å². The summed E-state index contributed by atoms with van der Waals surface area (Å²) in [5.74, 6) is -3.35. The monoisotopic (exact) mass is 88.0 g/mol. The molecule has 32 valence electrons. The molecule has 0 aromatic rings. The van der Waals surface area contributed by atoms with Crippen molar-refractivity contribution in [1.82, 2.24) is 0 Å². The molecule has 1 saturated carbocycles. The number of halogens is 2. The molecule has 0 heterocycles. The van der Waals surface area contributed by atoms with Gasteiger partial charge in [-0.05, 0) is 5.82 Å². The molecule has 1 rings (SSSR count). The fraction of sp³-hybridized carbons (Fsp3) is 1.00. The molecular formula is C3H3BF2. The lowest BCUT2D eigenvalue weighted by Gasteiger charge is -1.82. The molecule has 0 nitrogen and oxygen atoms in total. The van der Waals surface area contributed by atoms with E-state index in [4.69, 9.17) is 7.85 Å². The molecule has 0 aliphatic heterocycles. The van der Waals surface area contributed by atoms with Crippen LogP contribution in [-0.2, 0) is 0 Å². The molecule has 1 unspecified atom stereocenters. The summed E-state index contributed by atoms with van der Waals surface area (Å²) in [6.45, 7) is 0. The van der Waals surface area contributed by atoms with Gasteiger partial charge < -0.3 is 0 Å². The highest BCUT2D eigenvalue weighted by atomic mass is 19.3. The third-order valence-corrected chi connectivity index (χ3v) is 0.874. The lowest BCUT2D eigenvalue weighted by atomic mass is 10.0. The maximum atomic E-state index is 11.4. The molecule has 1 fully saturated rings. The van der Waals surface area contributed by atoms with Crippen LogP contribution < -0.4 is 0 Å². The molecule has 0 bridgehead atoms. The van der Waals surface area contributed by atoms with Crippen LogP contribution in [0.2, 0.25) is 5.82 Å². The number of rotatable bonds is 0. The quantitative estimate of drug-likeness (QED) is 0.387. The maximum absolute atomic E-state index is 11.4. The second-order valence-electron chi connectivity index (χ2n) is 1.57. The highest BCUT2D eigenvalue weighted by molar-refractivity contribution is 6.14. The van der Waals surface area contributed by atoms with E-state index >= 15 is 0 Å². The van der Waals surface area contributed by atoms with Crippen LogP contribution in [0.3, 0.4) is 0 Å². The zero-order valence-corrected chi connectivity index (χ0v) is 3.12. The molecule has 2 radical (unpaired) electrons. The zero-order chi connectivity index (χ0) is 4.78. The van der Waals surface area contributed by atoms with Crippen LogP contribution in [0.15, 0.2) is 0 Å². The van der Waals surface area contributed by atoms with Crippen LogP contribution in [0.4, 0.5) is 8.78 Å². The lowest BCUT2D eigenvalue weighted by Crippen LogP contribution is -1.86. The van der Waals surface area contributed by atoms with Crippen molar-refractivity contribution in [3.8, 4) is 0 Å². The summed E-state index contributed by atoms with van der Waals surface area (Å²) >= 11 is 0. The standard InChI is InChI=1S/C3H3BF2/c4-2-1-3(2,5)6/h2H,1H2. The first-order chi connectivity index (χ1) is 2.63. The molecule has 0 saturated heterocycles. The molecule has 0 amide bonds. The summed E-state index contributed by atoms with van der Waals surface area (Å²) in [6, 6.07) is 0. The van der Waals surface area contributed by atoms with Crippen molar-refractivity contribution in [2.45, 2.75) is 18.2 Å². The molecule has 0 aromatic carbocycles. The van der Waals surface area contributed by atoms with Gasteiger partial charge in [-0.1, -0.05) is 0 Å². The van der Waals surface area contributed by atoms with Gasteiger partial charge in [-0.15, -0.1) is 0 Å². The average molecular weight is 87.9 g/mol. The van der Waals surface area contributed by atoms with E-state index in [1.807, 2.05) is 0 Å². The van der Waals surface area contributed by atoms with Gasteiger partial charge >= 0.3 is 0 Å². The van der Waals surface area contributed by atoms with Gasteiger partial charge in [-0.25, -0.2) is 8.78 Å². The Labute approximate surface area is 35.9 Å². The van der Waals surface area contributed by atoms with Gasteiger partial charge in [0.2, 0.25) is 5.92 Å². The Kier molecular flexibility index (Phi) is 0.526. The van der Waals surface area contributed by atoms with Crippen molar-refractivity contribution in [3.63, 3.8) is 0 Å². The summed E-state index contributed by atoms with van der Waals surface area (Å²) < 4.78 is 22.8. The van der Waals surface area contributed by atoms with Crippen LogP contribution in [0.1, 0.15) is 6.42 Å². The van der Waals surface area contributed by atoms with E-state index in [9.17, 15) is 8.78 Å². The largest absolute Gasteiger partial charge is 0.243 e. The van der Waals surface area contributed by atoms with Crippen molar-refractivity contribution < 1.29 is 8.78 Å². The SMILES string of the molecule is [B]C1CC1(F)F. The van der Waals surface area contributed by atoms with E-state index < -0.39 is 11.7 Å². The number of hydrogen-bond acceptors (Lipinski definition) is 0. The summed E-state index contributed by atoms with van der Waals surface area (Å²) in [5.41, 5.74) is 0. The predicted octanol–water partition coefficient (Wildman–Crippen LogP) is 0.982. The molecule has 3 heteroatoms. The Morgan fingerprint density at radius 3 is 1.83 bits per heavy atom. The predicted molar refractivity (Wildman–Crippen MR) is 19.1 cm³/mol. The van der Waals surface area contributed by atoms with Gasteiger partial charge in [0.05, 0.1) is 7.85 Å². The Balaban J connectivity index is 2.41. The summed E-state index contributed by atoms with van der Waals surface area (Å²) in [7, 11) is 4.75. The van der Waals surface area contributed by atoms with Gasteiger partial charge in [-0.2, -0.15) is 0 Å². The molecule has 1 aliphatic carbocycles. The first-order valence-corrected chi connectivity index (χ1v) is 1.76. The molecule has 0 N–H and O–H groups in total. The average Bonchev–Trinajstić information content (AvgIpc) is 1.73. The second kappa shape index (κ2) is 0.770. The Bertz CT molecular complexity index is 71.2. The minimum atomic E-state index is -2.51. The van der Waals surface area contributed by atoms with Crippen molar-refractivity contribution >= 4 is 7.85 Å². The third kappa shape index (κ3) is 0.422. The van der Waals surface area contributed by atoms with Crippen LogP contribution in [0, 0.1) is 0 Å². The minimum absolute atomic E-state index is 0.118. The summed E-state index contributed by atoms with van der Waals surface area (Å²) in [6.07, 6.45) is -0.118. The fourth-order valence-corrected chi connectivity index (χ4v) is 0.234.